The van der Waals surface area contributed by atoms with E-state index in [9.17, 15) is 9.18 Å². The van der Waals surface area contributed by atoms with Gasteiger partial charge in [-0.3, -0.25) is 10.1 Å². The van der Waals surface area contributed by atoms with Crippen LogP contribution in [-0.4, -0.2) is 25.9 Å². The molecule has 0 saturated carbocycles. The monoisotopic (exact) mass is 485 g/mol. The maximum absolute atomic E-state index is 13.2. The number of anilines is 1. The molecule has 2 aromatic carbocycles. The summed E-state index contributed by atoms with van der Waals surface area (Å²) >= 11 is 4.92. The Hall–Kier alpha value is -2.91. The van der Waals surface area contributed by atoms with Crippen molar-refractivity contribution in [3.05, 3.63) is 86.3 Å². The van der Waals surface area contributed by atoms with Gasteiger partial charge in [0.2, 0.25) is 0 Å². The third-order valence-corrected chi connectivity index (χ3v) is 6.11. The zero-order chi connectivity index (χ0) is 21.3. The third-order valence-electron chi connectivity index (χ3n) is 4.55. The summed E-state index contributed by atoms with van der Waals surface area (Å²) in [6.45, 7) is 3.67. The summed E-state index contributed by atoms with van der Waals surface area (Å²) in [5.41, 5.74) is 3.42. The van der Waals surface area contributed by atoms with Gasteiger partial charge in [0.25, 0.3) is 5.91 Å². The average molecular weight is 486 g/mol. The molecule has 2 heterocycles. The number of nitrogens with one attached hydrogen (secondary N) is 1. The Bertz CT molecular complexity index is 1220. The Labute approximate surface area is 184 Å². The fourth-order valence-electron chi connectivity index (χ4n) is 3.00. The van der Waals surface area contributed by atoms with Crippen molar-refractivity contribution in [2.75, 3.05) is 5.32 Å². The van der Waals surface area contributed by atoms with E-state index < -0.39 is 0 Å². The minimum absolute atomic E-state index is 0.195. The number of carbonyl (C=O) groups excluding carboxylic acids is 1. The number of carbonyl (C=O) groups is 1. The number of thiazole rings is 1. The van der Waals surface area contributed by atoms with Crippen molar-refractivity contribution in [2.24, 2.45) is 0 Å². The Morgan fingerprint density at radius 2 is 1.97 bits per heavy atom. The van der Waals surface area contributed by atoms with Crippen LogP contribution in [0.5, 0.6) is 0 Å². The predicted octanol–water partition coefficient (Wildman–Crippen LogP) is 5.09. The van der Waals surface area contributed by atoms with Crippen LogP contribution in [-0.2, 0) is 6.42 Å². The summed E-state index contributed by atoms with van der Waals surface area (Å²) in [5, 5.41) is 11.4. The summed E-state index contributed by atoms with van der Waals surface area (Å²) in [6.07, 6.45) is 0.735. The standard InChI is InChI=1S/C21H17BrFN5OS/c1-12-18(11-14-4-3-5-15(22)10-14)30-21(24-12)25-20(29)19-13(2)28(27-26-19)17-8-6-16(23)7-9-17/h3-10H,11H2,1-2H3,(H,24,25,29). The SMILES string of the molecule is Cc1nc(NC(=O)c2nnn(-c3ccc(F)cc3)c2C)sc1Cc1cccc(Br)c1. The Balaban J connectivity index is 1.51. The molecule has 30 heavy (non-hydrogen) atoms. The molecule has 0 unspecified atom stereocenters. The second-order valence-electron chi connectivity index (χ2n) is 6.70. The topological polar surface area (TPSA) is 72.7 Å². The number of aromatic nitrogens is 4. The maximum atomic E-state index is 13.2. The van der Waals surface area contributed by atoms with Crippen LogP contribution in [0.4, 0.5) is 9.52 Å². The lowest BCUT2D eigenvalue weighted by Crippen LogP contribution is -2.14. The molecule has 1 amide bonds. The van der Waals surface area contributed by atoms with E-state index in [1.54, 1.807) is 19.1 Å². The van der Waals surface area contributed by atoms with E-state index >= 15 is 0 Å². The summed E-state index contributed by atoms with van der Waals surface area (Å²) in [6, 6.07) is 13.9. The first kappa shape index (κ1) is 20.4. The first-order chi connectivity index (χ1) is 14.4. The number of aryl methyl sites for hydroxylation is 1. The first-order valence-electron chi connectivity index (χ1n) is 9.11. The van der Waals surface area contributed by atoms with Crippen molar-refractivity contribution >= 4 is 38.3 Å². The zero-order valence-electron chi connectivity index (χ0n) is 16.2. The van der Waals surface area contributed by atoms with Crippen molar-refractivity contribution in [3.8, 4) is 5.69 Å². The Kier molecular flexibility index (Phi) is 5.74. The van der Waals surface area contributed by atoms with Gasteiger partial charge in [-0.15, -0.1) is 16.4 Å². The molecule has 4 aromatic rings. The van der Waals surface area contributed by atoms with Gasteiger partial charge in [-0.25, -0.2) is 14.1 Å². The molecule has 0 radical (unpaired) electrons. The van der Waals surface area contributed by atoms with Gasteiger partial charge in [0, 0.05) is 15.8 Å². The highest BCUT2D eigenvalue weighted by Gasteiger charge is 2.19. The van der Waals surface area contributed by atoms with Crippen LogP contribution in [0.2, 0.25) is 0 Å². The number of hydrogen-bond donors (Lipinski definition) is 1. The third kappa shape index (κ3) is 4.31. The Morgan fingerprint density at radius 3 is 2.70 bits per heavy atom. The van der Waals surface area contributed by atoms with Crippen molar-refractivity contribution in [1.29, 1.82) is 0 Å². The summed E-state index contributed by atoms with van der Waals surface area (Å²) in [4.78, 5) is 18.3. The molecular weight excluding hydrogens is 469 g/mol. The molecule has 0 bridgehead atoms. The quantitative estimate of drug-likeness (QED) is 0.427. The minimum Gasteiger partial charge on any atom is -0.296 e. The van der Waals surface area contributed by atoms with Crippen molar-refractivity contribution in [1.82, 2.24) is 20.0 Å². The molecular formula is C21H17BrFN5OS. The Morgan fingerprint density at radius 1 is 1.20 bits per heavy atom. The fraction of sp³-hybridized carbons (Fsp3) is 0.143. The molecule has 0 saturated heterocycles. The molecule has 6 nitrogen and oxygen atoms in total. The van der Waals surface area contributed by atoms with Gasteiger partial charge in [-0.1, -0.05) is 33.3 Å². The molecule has 4 rings (SSSR count). The maximum Gasteiger partial charge on any atom is 0.279 e. The van der Waals surface area contributed by atoms with Gasteiger partial charge in [0.05, 0.1) is 17.1 Å². The number of rotatable bonds is 5. The lowest BCUT2D eigenvalue weighted by Gasteiger charge is -2.03. The lowest BCUT2D eigenvalue weighted by molar-refractivity contribution is 0.102. The van der Waals surface area contributed by atoms with E-state index in [0.29, 0.717) is 16.5 Å². The van der Waals surface area contributed by atoms with Gasteiger partial charge >= 0.3 is 0 Å². The van der Waals surface area contributed by atoms with Crippen molar-refractivity contribution in [2.45, 2.75) is 20.3 Å². The second kappa shape index (κ2) is 8.45. The number of benzene rings is 2. The van der Waals surface area contributed by atoms with E-state index in [0.717, 1.165) is 27.0 Å². The van der Waals surface area contributed by atoms with E-state index in [2.05, 4.69) is 48.7 Å². The van der Waals surface area contributed by atoms with Crippen LogP contribution < -0.4 is 5.32 Å². The molecule has 0 fully saturated rings. The largest absolute Gasteiger partial charge is 0.296 e. The van der Waals surface area contributed by atoms with Crippen molar-refractivity contribution < 1.29 is 9.18 Å². The predicted molar refractivity (Wildman–Crippen MR) is 118 cm³/mol. The molecule has 0 aliphatic carbocycles. The normalized spacial score (nSPS) is 10.9. The lowest BCUT2D eigenvalue weighted by atomic mass is 10.1. The van der Waals surface area contributed by atoms with E-state index in [1.165, 1.54) is 28.2 Å². The molecule has 0 aliphatic rings. The van der Waals surface area contributed by atoms with Gasteiger partial charge in [0.1, 0.15) is 5.82 Å². The number of amides is 1. The van der Waals surface area contributed by atoms with E-state index in [1.807, 2.05) is 19.1 Å². The molecule has 0 atom stereocenters. The van der Waals surface area contributed by atoms with Gasteiger partial charge in [-0.2, -0.15) is 0 Å². The highest BCUT2D eigenvalue weighted by molar-refractivity contribution is 9.10. The smallest absolute Gasteiger partial charge is 0.279 e. The number of hydrogen-bond acceptors (Lipinski definition) is 5. The van der Waals surface area contributed by atoms with Crippen molar-refractivity contribution in [3.63, 3.8) is 0 Å². The van der Waals surface area contributed by atoms with Gasteiger partial charge in [-0.05, 0) is 55.8 Å². The molecule has 0 aliphatic heterocycles. The van der Waals surface area contributed by atoms with Crippen LogP contribution in [0.15, 0.2) is 53.0 Å². The van der Waals surface area contributed by atoms with E-state index in [-0.39, 0.29) is 17.4 Å². The van der Waals surface area contributed by atoms with Crippen LogP contribution in [0.25, 0.3) is 5.69 Å². The molecule has 2 aromatic heterocycles. The minimum atomic E-state index is -0.386. The zero-order valence-corrected chi connectivity index (χ0v) is 18.6. The fourth-order valence-corrected chi connectivity index (χ4v) is 4.44. The van der Waals surface area contributed by atoms with Crippen LogP contribution in [0.3, 0.4) is 0 Å². The molecule has 0 spiro atoms. The summed E-state index contributed by atoms with van der Waals surface area (Å²) in [7, 11) is 0. The van der Waals surface area contributed by atoms with Crippen LogP contribution >= 0.6 is 27.3 Å². The molecule has 9 heteroatoms. The van der Waals surface area contributed by atoms with Gasteiger partial charge in [0.15, 0.2) is 10.8 Å². The average Bonchev–Trinajstić information content (AvgIpc) is 3.25. The number of nitrogens with zero attached hydrogens (tertiary/aromatic N) is 4. The van der Waals surface area contributed by atoms with E-state index in [4.69, 9.17) is 0 Å². The van der Waals surface area contributed by atoms with Crippen LogP contribution in [0, 0.1) is 19.7 Å². The molecule has 152 valence electrons. The van der Waals surface area contributed by atoms with Gasteiger partial charge < -0.3 is 0 Å². The highest BCUT2D eigenvalue weighted by atomic mass is 79.9. The summed E-state index contributed by atoms with van der Waals surface area (Å²) in [5.74, 6) is -0.726. The first-order valence-corrected chi connectivity index (χ1v) is 10.7. The molecule has 1 N–H and O–H groups in total. The summed E-state index contributed by atoms with van der Waals surface area (Å²) < 4.78 is 15.7. The van der Waals surface area contributed by atoms with Crippen LogP contribution in [0.1, 0.15) is 32.3 Å². The second-order valence-corrected chi connectivity index (χ2v) is 8.70. The highest BCUT2D eigenvalue weighted by Crippen LogP contribution is 2.26. The number of halogens is 2.